The van der Waals surface area contributed by atoms with Crippen molar-refractivity contribution >= 4 is 21.8 Å². The van der Waals surface area contributed by atoms with Gasteiger partial charge in [-0.3, -0.25) is 4.79 Å². The van der Waals surface area contributed by atoms with Gasteiger partial charge in [0.1, 0.15) is 0 Å². The van der Waals surface area contributed by atoms with Crippen LogP contribution in [-0.2, 0) is 6.54 Å². The summed E-state index contributed by atoms with van der Waals surface area (Å²) < 4.78 is 6.14. The molecule has 0 fully saturated rings. The number of hydrogen-bond donors (Lipinski definition) is 1. The van der Waals surface area contributed by atoms with Crippen LogP contribution in [0.4, 0.5) is 0 Å². The third kappa shape index (κ3) is 2.97. The second kappa shape index (κ2) is 5.19. The second-order valence-electron chi connectivity index (χ2n) is 3.74. The average Bonchev–Trinajstić information content (AvgIpc) is 2.74. The van der Waals surface area contributed by atoms with E-state index >= 15 is 0 Å². The first kappa shape index (κ1) is 11.9. The van der Waals surface area contributed by atoms with Crippen LogP contribution in [0.15, 0.2) is 45.5 Å². The average molecular weight is 294 g/mol. The Morgan fingerprint density at radius 3 is 2.59 bits per heavy atom. The van der Waals surface area contributed by atoms with Crippen LogP contribution in [0.5, 0.6) is 0 Å². The number of carbonyl (C=O) groups is 1. The normalized spacial score (nSPS) is 10.2. The summed E-state index contributed by atoms with van der Waals surface area (Å²) in [6.45, 7) is 2.34. The monoisotopic (exact) mass is 293 g/mol. The molecule has 4 heteroatoms. The van der Waals surface area contributed by atoms with Gasteiger partial charge >= 0.3 is 0 Å². The van der Waals surface area contributed by atoms with Gasteiger partial charge in [-0.2, -0.15) is 0 Å². The SMILES string of the molecule is Cc1ccoc1C(=O)NCc1ccc(Br)cc1. The third-order valence-corrected chi connectivity index (χ3v) is 2.96. The molecule has 0 saturated heterocycles. The number of furan rings is 1. The van der Waals surface area contributed by atoms with Gasteiger partial charge in [-0.1, -0.05) is 28.1 Å². The fraction of sp³-hybridized carbons (Fsp3) is 0.154. The standard InChI is InChI=1S/C13H12BrNO2/c1-9-6-7-17-12(9)13(16)15-8-10-2-4-11(14)5-3-10/h2-7H,8H2,1H3,(H,15,16). The molecule has 0 aliphatic heterocycles. The molecule has 1 aromatic carbocycles. The van der Waals surface area contributed by atoms with E-state index in [1.54, 1.807) is 6.07 Å². The van der Waals surface area contributed by atoms with Gasteiger partial charge in [-0.05, 0) is 30.7 Å². The molecule has 0 aliphatic carbocycles. The second-order valence-corrected chi connectivity index (χ2v) is 4.66. The zero-order valence-electron chi connectivity index (χ0n) is 9.37. The van der Waals surface area contributed by atoms with Crippen molar-refractivity contribution in [3.63, 3.8) is 0 Å². The van der Waals surface area contributed by atoms with Gasteiger partial charge in [-0.15, -0.1) is 0 Å². The fourth-order valence-corrected chi connectivity index (χ4v) is 1.73. The first-order valence-electron chi connectivity index (χ1n) is 5.23. The zero-order valence-corrected chi connectivity index (χ0v) is 11.0. The Labute approximate surface area is 108 Å². The van der Waals surface area contributed by atoms with E-state index in [4.69, 9.17) is 4.42 Å². The van der Waals surface area contributed by atoms with Crippen LogP contribution in [0.3, 0.4) is 0 Å². The lowest BCUT2D eigenvalue weighted by Crippen LogP contribution is -2.22. The quantitative estimate of drug-likeness (QED) is 0.944. The Balaban J connectivity index is 1.97. The van der Waals surface area contributed by atoms with E-state index < -0.39 is 0 Å². The molecule has 0 atom stereocenters. The summed E-state index contributed by atoms with van der Waals surface area (Å²) in [6.07, 6.45) is 1.52. The number of halogens is 1. The molecule has 17 heavy (non-hydrogen) atoms. The van der Waals surface area contributed by atoms with Crippen molar-refractivity contribution in [1.82, 2.24) is 5.32 Å². The molecule has 2 rings (SSSR count). The third-order valence-electron chi connectivity index (χ3n) is 2.43. The summed E-state index contributed by atoms with van der Waals surface area (Å²) in [6, 6.07) is 9.58. The molecule has 0 spiro atoms. The topological polar surface area (TPSA) is 42.2 Å². The van der Waals surface area contributed by atoms with Crippen LogP contribution >= 0.6 is 15.9 Å². The Morgan fingerprint density at radius 2 is 2.00 bits per heavy atom. The smallest absolute Gasteiger partial charge is 0.287 e. The minimum absolute atomic E-state index is 0.185. The molecular formula is C13H12BrNO2. The van der Waals surface area contributed by atoms with E-state index in [0.29, 0.717) is 12.3 Å². The van der Waals surface area contributed by atoms with Crippen LogP contribution in [0, 0.1) is 6.92 Å². The van der Waals surface area contributed by atoms with Crippen molar-refractivity contribution in [1.29, 1.82) is 0 Å². The zero-order chi connectivity index (χ0) is 12.3. The number of rotatable bonds is 3. The molecule has 3 nitrogen and oxygen atoms in total. The van der Waals surface area contributed by atoms with Crippen molar-refractivity contribution in [2.24, 2.45) is 0 Å². The molecule has 0 aliphatic rings. The minimum atomic E-state index is -0.185. The van der Waals surface area contributed by atoms with Gasteiger partial charge in [-0.25, -0.2) is 0 Å². The molecule has 1 heterocycles. The van der Waals surface area contributed by atoms with Gasteiger partial charge < -0.3 is 9.73 Å². The molecular weight excluding hydrogens is 282 g/mol. The largest absolute Gasteiger partial charge is 0.459 e. The first-order chi connectivity index (χ1) is 8.16. The highest BCUT2D eigenvalue weighted by atomic mass is 79.9. The van der Waals surface area contributed by atoms with Gasteiger partial charge in [0.25, 0.3) is 5.91 Å². The molecule has 1 aromatic heterocycles. The Morgan fingerprint density at radius 1 is 1.29 bits per heavy atom. The Bertz CT molecular complexity index is 516. The van der Waals surface area contributed by atoms with E-state index in [0.717, 1.165) is 15.6 Å². The van der Waals surface area contributed by atoms with Crippen LogP contribution in [0.25, 0.3) is 0 Å². The van der Waals surface area contributed by atoms with Crippen molar-refractivity contribution in [3.05, 3.63) is 58.0 Å². The van der Waals surface area contributed by atoms with E-state index in [9.17, 15) is 4.79 Å². The van der Waals surface area contributed by atoms with Crippen LogP contribution in [0.1, 0.15) is 21.7 Å². The highest BCUT2D eigenvalue weighted by Crippen LogP contribution is 2.11. The number of amides is 1. The van der Waals surface area contributed by atoms with Crippen molar-refractivity contribution in [2.45, 2.75) is 13.5 Å². The van der Waals surface area contributed by atoms with E-state index in [2.05, 4.69) is 21.2 Å². The van der Waals surface area contributed by atoms with Crippen molar-refractivity contribution in [2.75, 3.05) is 0 Å². The number of hydrogen-bond acceptors (Lipinski definition) is 2. The van der Waals surface area contributed by atoms with Gasteiger partial charge in [0.05, 0.1) is 6.26 Å². The maximum absolute atomic E-state index is 11.8. The molecule has 1 amide bonds. The number of aryl methyl sites for hydroxylation is 1. The maximum atomic E-state index is 11.8. The lowest BCUT2D eigenvalue weighted by Gasteiger charge is -2.04. The highest BCUT2D eigenvalue weighted by molar-refractivity contribution is 9.10. The summed E-state index contributed by atoms with van der Waals surface area (Å²) in [7, 11) is 0. The lowest BCUT2D eigenvalue weighted by atomic mass is 10.2. The highest BCUT2D eigenvalue weighted by Gasteiger charge is 2.11. The summed E-state index contributed by atoms with van der Waals surface area (Å²) in [5.41, 5.74) is 1.89. The molecule has 1 N–H and O–H groups in total. The fourth-order valence-electron chi connectivity index (χ4n) is 1.47. The molecule has 0 radical (unpaired) electrons. The summed E-state index contributed by atoms with van der Waals surface area (Å²) in [4.78, 5) is 11.8. The summed E-state index contributed by atoms with van der Waals surface area (Å²) in [5, 5.41) is 2.81. The number of nitrogens with one attached hydrogen (secondary N) is 1. The predicted molar refractivity (Wildman–Crippen MR) is 68.8 cm³/mol. The Hall–Kier alpha value is -1.55. The molecule has 0 saturated carbocycles. The summed E-state index contributed by atoms with van der Waals surface area (Å²) in [5.74, 6) is 0.192. The van der Waals surface area contributed by atoms with Crippen LogP contribution < -0.4 is 5.32 Å². The van der Waals surface area contributed by atoms with E-state index in [1.807, 2.05) is 31.2 Å². The lowest BCUT2D eigenvalue weighted by molar-refractivity contribution is 0.0922. The van der Waals surface area contributed by atoms with E-state index in [-0.39, 0.29) is 5.91 Å². The number of benzene rings is 1. The first-order valence-corrected chi connectivity index (χ1v) is 6.03. The molecule has 88 valence electrons. The van der Waals surface area contributed by atoms with Crippen LogP contribution in [0.2, 0.25) is 0 Å². The van der Waals surface area contributed by atoms with Gasteiger partial charge in [0.2, 0.25) is 0 Å². The Kier molecular flexibility index (Phi) is 3.64. The molecule has 0 unspecified atom stereocenters. The van der Waals surface area contributed by atoms with E-state index in [1.165, 1.54) is 6.26 Å². The molecule has 0 bridgehead atoms. The van der Waals surface area contributed by atoms with Crippen LogP contribution in [-0.4, -0.2) is 5.91 Å². The summed E-state index contributed by atoms with van der Waals surface area (Å²) >= 11 is 3.36. The van der Waals surface area contributed by atoms with Gasteiger partial charge in [0.15, 0.2) is 5.76 Å². The van der Waals surface area contributed by atoms with Gasteiger partial charge in [0, 0.05) is 16.6 Å². The van der Waals surface area contributed by atoms with Crippen molar-refractivity contribution < 1.29 is 9.21 Å². The minimum Gasteiger partial charge on any atom is -0.459 e. The predicted octanol–water partition coefficient (Wildman–Crippen LogP) is 3.28. The number of carbonyl (C=O) groups excluding carboxylic acids is 1. The maximum Gasteiger partial charge on any atom is 0.287 e. The molecule has 2 aromatic rings. The van der Waals surface area contributed by atoms with Crippen molar-refractivity contribution in [3.8, 4) is 0 Å².